The molecule has 0 saturated heterocycles. The van der Waals surface area contributed by atoms with E-state index in [2.05, 4.69) is 4.98 Å². The Balaban J connectivity index is 2.42. The molecule has 0 bridgehead atoms. The fourth-order valence-corrected chi connectivity index (χ4v) is 1.53. The van der Waals surface area contributed by atoms with Crippen LogP contribution in [0.2, 0.25) is 0 Å². The van der Waals surface area contributed by atoms with Crippen molar-refractivity contribution in [3.63, 3.8) is 0 Å². The summed E-state index contributed by atoms with van der Waals surface area (Å²) in [6.45, 7) is -0.150. The van der Waals surface area contributed by atoms with Crippen LogP contribution in [0.4, 0.5) is 22.0 Å². The molecule has 1 aromatic heterocycles. The molecular formula is C13H9F5N2O. The summed E-state index contributed by atoms with van der Waals surface area (Å²) in [5, 5.41) is 0. The van der Waals surface area contributed by atoms with Crippen molar-refractivity contribution in [3.8, 4) is 11.6 Å². The summed E-state index contributed by atoms with van der Waals surface area (Å²) in [4.78, 5) is 3.29. The van der Waals surface area contributed by atoms with E-state index in [1.807, 2.05) is 0 Å². The Labute approximate surface area is 116 Å². The lowest BCUT2D eigenvalue weighted by Gasteiger charge is -2.12. The molecule has 2 rings (SSSR count). The summed E-state index contributed by atoms with van der Waals surface area (Å²) in [5.41, 5.74) is 4.33. The Bertz CT molecular complexity index is 657. The van der Waals surface area contributed by atoms with Gasteiger partial charge in [-0.15, -0.1) is 0 Å². The van der Waals surface area contributed by atoms with Gasteiger partial charge in [0, 0.05) is 18.2 Å². The first kappa shape index (κ1) is 15.2. The van der Waals surface area contributed by atoms with Crippen LogP contribution in [0.25, 0.3) is 0 Å². The molecule has 0 aliphatic rings. The fourth-order valence-electron chi connectivity index (χ4n) is 1.53. The van der Waals surface area contributed by atoms with E-state index in [0.717, 1.165) is 24.3 Å². The van der Waals surface area contributed by atoms with Crippen molar-refractivity contribution in [1.82, 2.24) is 4.98 Å². The maximum absolute atomic E-state index is 13.5. The molecule has 3 nitrogen and oxygen atoms in total. The van der Waals surface area contributed by atoms with Crippen LogP contribution in [0, 0.1) is 11.6 Å². The predicted molar refractivity (Wildman–Crippen MR) is 63.6 cm³/mol. The van der Waals surface area contributed by atoms with Gasteiger partial charge in [-0.1, -0.05) is 6.07 Å². The lowest BCUT2D eigenvalue weighted by Crippen LogP contribution is -2.11. The number of benzene rings is 1. The minimum absolute atomic E-state index is 0.150. The van der Waals surface area contributed by atoms with E-state index in [-0.39, 0.29) is 12.1 Å². The SMILES string of the molecule is NCc1ccc(C(F)(F)F)nc1Oc1ccc(F)cc1F. The maximum Gasteiger partial charge on any atom is 0.433 e. The van der Waals surface area contributed by atoms with E-state index in [1.165, 1.54) is 0 Å². The van der Waals surface area contributed by atoms with Gasteiger partial charge >= 0.3 is 6.18 Å². The summed E-state index contributed by atoms with van der Waals surface area (Å²) >= 11 is 0. The molecule has 8 heteroatoms. The van der Waals surface area contributed by atoms with E-state index in [9.17, 15) is 22.0 Å². The normalized spacial score (nSPS) is 11.5. The third-order valence-corrected chi connectivity index (χ3v) is 2.55. The molecule has 0 unspecified atom stereocenters. The molecule has 0 radical (unpaired) electrons. The summed E-state index contributed by atoms with van der Waals surface area (Å²) in [7, 11) is 0. The van der Waals surface area contributed by atoms with Crippen LogP contribution in [0.3, 0.4) is 0 Å². The van der Waals surface area contributed by atoms with Crippen LogP contribution in [-0.4, -0.2) is 4.98 Å². The van der Waals surface area contributed by atoms with Gasteiger partial charge in [-0.2, -0.15) is 13.2 Å². The minimum atomic E-state index is -4.67. The van der Waals surface area contributed by atoms with Crippen LogP contribution in [0.1, 0.15) is 11.3 Å². The minimum Gasteiger partial charge on any atom is -0.436 e. The zero-order valence-corrected chi connectivity index (χ0v) is 10.4. The number of hydrogen-bond donors (Lipinski definition) is 1. The Morgan fingerprint density at radius 1 is 1.10 bits per heavy atom. The predicted octanol–water partition coefficient (Wildman–Crippen LogP) is 3.63. The Morgan fingerprint density at radius 2 is 1.81 bits per heavy atom. The van der Waals surface area contributed by atoms with Crippen molar-refractivity contribution in [2.24, 2.45) is 5.73 Å². The van der Waals surface area contributed by atoms with E-state index in [1.54, 1.807) is 0 Å². The van der Waals surface area contributed by atoms with Gasteiger partial charge in [0.25, 0.3) is 0 Å². The molecule has 2 aromatic rings. The average Bonchev–Trinajstić information content (AvgIpc) is 2.41. The van der Waals surface area contributed by atoms with Crippen LogP contribution in [0.5, 0.6) is 11.6 Å². The third-order valence-electron chi connectivity index (χ3n) is 2.55. The molecular weight excluding hydrogens is 295 g/mol. The van der Waals surface area contributed by atoms with Gasteiger partial charge in [-0.25, -0.2) is 13.8 Å². The molecule has 112 valence electrons. The molecule has 0 atom stereocenters. The highest BCUT2D eigenvalue weighted by Gasteiger charge is 2.33. The summed E-state index contributed by atoms with van der Waals surface area (Å²) in [6.07, 6.45) is -4.67. The molecule has 0 aliphatic carbocycles. The number of halogens is 5. The monoisotopic (exact) mass is 304 g/mol. The van der Waals surface area contributed by atoms with Crippen LogP contribution >= 0.6 is 0 Å². The Morgan fingerprint density at radius 3 is 2.38 bits per heavy atom. The van der Waals surface area contributed by atoms with E-state index < -0.39 is 35.1 Å². The van der Waals surface area contributed by atoms with Gasteiger partial charge in [-0.3, -0.25) is 0 Å². The fraction of sp³-hybridized carbons (Fsp3) is 0.154. The van der Waals surface area contributed by atoms with Gasteiger partial charge < -0.3 is 10.5 Å². The maximum atomic E-state index is 13.5. The summed E-state index contributed by atoms with van der Waals surface area (Å²) < 4.78 is 69.0. The molecule has 1 heterocycles. The van der Waals surface area contributed by atoms with Gasteiger partial charge in [0.05, 0.1) is 0 Å². The highest BCUT2D eigenvalue weighted by molar-refractivity contribution is 5.35. The molecule has 2 N–H and O–H groups in total. The van der Waals surface area contributed by atoms with Crippen LogP contribution in [0.15, 0.2) is 30.3 Å². The number of nitrogens with two attached hydrogens (primary N) is 1. The molecule has 0 fully saturated rings. The van der Waals surface area contributed by atoms with Crippen LogP contribution < -0.4 is 10.5 Å². The van der Waals surface area contributed by atoms with E-state index >= 15 is 0 Å². The van der Waals surface area contributed by atoms with Crippen LogP contribution in [-0.2, 0) is 12.7 Å². The summed E-state index contributed by atoms with van der Waals surface area (Å²) in [6, 6.07) is 4.24. The standard InChI is InChI=1S/C13H9F5N2O/c14-8-2-3-10(9(15)5-8)21-12-7(6-19)1-4-11(20-12)13(16,17)18/h1-5H,6,19H2. The molecule has 21 heavy (non-hydrogen) atoms. The largest absolute Gasteiger partial charge is 0.436 e. The van der Waals surface area contributed by atoms with Crippen molar-refractivity contribution in [1.29, 1.82) is 0 Å². The quantitative estimate of drug-likeness (QED) is 0.881. The second kappa shape index (κ2) is 5.65. The molecule has 0 aliphatic heterocycles. The highest BCUT2D eigenvalue weighted by Crippen LogP contribution is 2.32. The van der Waals surface area contributed by atoms with Crippen molar-refractivity contribution >= 4 is 0 Å². The van der Waals surface area contributed by atoms with E-state index in [4.69, 9.17) is 10.5 Å². The number of alkyl halides is 3. The molecule has 0 spiro atoms. The van der Waals surface area contributed by atoms with Crippen molar-refractivity contribution in [2.45, 2.75) is 12.7 Å². The van der Waals surface area contributed by atoms with Crippen molar-refractivity contribution in [2.75, 3.05) is 0 Å². The van der Waals surface area contributed by atoms with E-state index in [0.29, 0.717) is 6.07 Å². The van der Waals surface area contributed by atoms with Gasteiger partial charge in [0.15, 0.2) is 11.6 Å². The second-order valence-corrected chi connectivity index (χ2v) is 4.04. The van der Waals surface area contributed by atoms with Crippen molar-refractivity contribution in [3.05, 3.63) is 53.2 Å². The van der Waals surface area contributed by atoms with Gasteiger partial charge in [-0.05, 0) is 18.2 Å². The van der Waals surface area contributed by atoms with Crippen molar-refractivity contribution < 1.29 is 26.7 Å². The zero-order chi connectivity index (χ0) is 15.6. The summed E-state index contributed by atoms with van der Waals surface area (Å²) in [5.74, 6) is -2.82. The number of rotatable bonds is 3. The lowest BCUT2D eigenvalue weighted by molar-refractivity contribution is -0.141. The number of ether oxygens (including phenoxy) is 1. The first-order chi connectivity index (χ1) is 9.81. The highest BCUT2D eigenvalue weighted by atomic mass is 19.4. The first-order valence-electron chi connectivity index (χ1n) is 5.71. The Kier molecular flexibility index (Phi) is 4.08. The second-order valence-electron chi connectivity index (χ2n) is 4.04. The number of hydrogen-bond acceptors (Lipinski definition) is 3. The number of nitrogens with zero attached hydrogens (tertiary/aromatic N) is 1. The van der Waals surface area contributed by atoms with Gasteiger partial charge in [0.2, 0.25) is 5.88 Å². The molecule has 0 saturated carbocycles. The Hall–Kier alpha value is -2.22. The smallest absolute Gasteiger partial charge is 0.433 e. The average molecular weight is 304 g/mol. The topological polar surface area (TPSA) is 48.1 Å². The van der Waals surface area contributed by atoms with Gasteiger partial charge in [0.1, 0.15) is 11.5 Å². The number of aromatic nitrogens is 1. The lowest BCUT2D eigenvalue weighted by atomic mass is 10.2. The first-order valence-corrected chi connectivity index (χ1v) is 5.71. The number of pyridine rings is 1. The third kappa shape index (κ3) is 3.46. The zero-order valence-electron chi connectivity index (χ0n) is 10.4. The molecule has 1 aromatic carbocycles. The molecule has 0 amide bonds.